The smallest absolute Gasteiger partial charge is 0.225 e. The topological polar surface area (TPSA) is 78.6 Å². The van der Waals surface area contributed by atoms with Gasteiger partial charge < -0.3 is 21.1 Å². The van der Waals surface area contributed by atoms with Gasteiger partial charge in [-0.3, -0.25) is 4.79 Å². The van der Waals surface area contributed by atoms with E-state index in [1.807, 2.05) is 6.07 Å². The summed E-state index contributed by atoms with van der Waals surface area (Å²) in [7, 11) is 0. The van der Waals surface area contributed by atoms with E-state index in [2.05, 4.69) is 10.2 Å². The number of rotatable bonds is 5. The summed E-state index contributed by atoms with van der Waals surface area (Å²) in [5.74, 6) is -0.0496. The van der Waals surface area contributed by atoms with Gasteiger partial charge in [-0.1, -0.05) is 24.4 Å². The van der Waals surface area contributed by atoms with Crippen LogP contribution in [0.4, 0.5) is 5.69 Å². The van der Waals surface area contributed by atoms with Crippen molar-refractivity contribution in [3.05, 3.63) is 29.8 Å². The van der Waals surface area contributed by atoms with E-state index in [1.165, 1.54) is 0 Å². The van der Waals surface area contributed by atoms with E-state index in [0.717, 1.165) is 18.5 Å². The maximum atomic E-state index is 11.9. The first-order valence-corrected chi connectivity index (χ1v) is 7.05. The van der Waals surface area contributed by atoms with Gasteiger partial charge in [0.05, 0.1) is 6.10 Å². The van der Waals surface area contributed by atoms with Crippen molar-refractivity contribution in [3.63, 3.8) is 0 Å². The first kappa shape index (κ1) is 14.9. The number of nitrogens with zero attached hydrogens (tertiary/aromatic N) is 1. The molecule has 1 fully saturated rings. The summed E-state index contributed by atoms with van der Waals surface area (Å²) >= 11 is 4.90. The lowest BCUT2D eigenvalue weighted by Gasteiger charge is -2.14. The zero-order valence-electron chi connectivity index (χ0n) is 11.2. The largest absolute Gasteiger partial charge is 0.392 e. The molecule has 6 heteroatoms. The third-order valence-corrected chi connectivity index (χ3v) is 3.57. The Morgan fingerprint density at radius 3 is 3.00 bits per heavy atom. The molecule has 2 rings (SSSR count). The average Bonchev–Trinajstić information content (AvgIpc) is 2.82. The molecular weight excluding hydrogens is 274 g/mol. The van der Waals surface area contributed by atoms with Crippen molar-refractivity contribution >= 4 is 28.8 Å². The molecule has 0 saturated carbocycles. The number of aliphatic hydroxyl groups is 1. The van der Waals surface area contributed by atoms with Crippen LogP contribution in [0, 0.1) is 0 Å². The van der Waals surface area contributed by atoms with Crippen LogP contribution in [-0.2, 0) is 4.79 Å². The lowest BCUT2D eigenvalue weighted by molar-refractivity contribution is -0.116. The molecule has 1 aromatic carbocycles. The number of carbonyl (C=O) groups is 1. The molecule has 1 aromatic rings. The summed E-state index contributed by atoms with van der Waals surface area (Å²) in [4.78, 5) is 14.3. The standard InChI is InChI=1S/C14H19N3O2S/c15-14(20)10-2-1-3-11(8-10)16-13(19)5-7-17-6-4-12(18)9-17/h1-3,8,12,18H,4-7,9H2,(H2,15,20)(H,16,19). The van der Waals surface area contributed by atoms with Crippen molar-refractivity contribution in [2.24, 2.45) is 5.73 Å². The number of thiocarbonyl (C=S) groups is 1. The van der Waals surface area contributed by atoms with E-state index >= 15 is 0 Å². The minimum Gasteiger partial charge on any atom is -0.392 e. The van der Waals surface area contributed by atoms with Crippen LogP contribution in [0.15, 0.2) is 24.3 Å². The third-order valence-electron chi connectivity index (χ3n) is 3.33. The van der Waals surface area contributed by atoms with Crippen LogP contribution >= 0.6 is 12.2 Å². The monoisotopic (exact) mass is 293 g/mol. The molecular formula is C14H19N3O2S. The van der Waals surface area contributed by atoms with Gasteiger partial charge in [-0.05, 0) is 18.6 Å². The predicted molar refractivity (Wildman–Crippen MR) is 82.6 cm³/mol. The van der Waals surface area contributed by atoms with E-state index < -0.39 is 0 Å². The second-order valence-electron chi connectivity index (χ2n) is 4.99. The zero-order chi connectivity index (χ0) is 14.5. The van der Waals surface area contributed by atoms with Crippen LogP contribution in [0.2, 0.25) is 0 Å². The van der Waals surface area contributed by atoms with E-state index in [1.54, 1.807) is 18.2 Å². The Morgan fingerprint density at radius 2 is 2.35 bits per heavy atom. The van der Waals surface area contributed by atoms with Crippen LogP contribution in [0.3, 0.4) is 0 Å². The summed E-state index contributed by atoms with van der Waals surface area (Å²) < 4.78 is 0. The Balaban J connectivity index is 1.82. The van der Waals surface area contributed by atoms with Crippen LogP contribution in [0.25, 0.3) is 0 Å². The van der Waals surface area contributed by atoms with Crippen molar-refractivity contribution in [1.29, 1.82) is 0 Å². The van der Waals surface area contributed by atoms with Gasteiger partial charge in [0.1, 0.15) is 4.99 Å². The molecule has 5 nitrogen and oxygen atoms in total. The molecule has 4 N–H and O–H groups in total. The molecule has 20 heavy (non-hydrogen) atoms. The maximum absolute atomic E-state index is 11.9. The zero-order valence-corrected chi connectivity index (χ0v) is 12.0. The Morgan fingerprint density at radius 1 is 1.55 bits per heavy atom. The number of hydrogen-bond donors (Lipinski definition) is 3. The predicted octanol–water partition coefficient (Wildman–Crippen LogP) is 0.716. The van der Waals surface area contributed by atoms with Gasteiger partial charge in [0.2, 0.25) is 5.91 Å². The Hall–Kier alpha value is -1.50. The van der Waals surface area contributed by atoms with Crippen LogP contribution < -0.4 is 11.1 Å². The SMILES string of the molecule is NC(=S)c1cccc(NC(=O)CCN2CCC(O)C2)c1. The third kappa shape index (κ3) is 4.26. The van der Waals surface area contributed by atoms with Crippen molar-refractivity contribution in [3.8, 4) is 0 Å². The van der Waals surface area contributed by atoms with Crippen LogP contribution in [0.5, 0.6) is 0 Å². The molecule has 1 saturated heterocycles. The van der Waals surface area contributed by atoms with E-state index in [9.17, 15) is 9.90 Å². The Kier molecular flexibility index (Phi) is 5.05. The molecule has 1 heterocycles. The highest BCUT2D eigenvalue weighted by Crippen LogP contribution is 2.12. The van der Waals surface area contributed by atoms with Crippen molar-refractivity contribution in [2.45, 2.75) is 18.9 Å². The minimum absolute atomic E-state index is 0.0496. The van der Waals surface area contributed by atoms with Gasteiger partial charge in [0.15, 0.2) is 0 Å². The molecule has 0 bridgehead atoms. The highest BCUT2D eigenvalue weighted by atomic mass is 32.1. The molecule has 1 atom stereocenters. The minimum atomic E-state index is -0.250. The number of likely N-dealkylation sites (tertiary alicyclic amines) is 1. The lowest BCUT2D eigenvalue weighted by atomic mass is 10.2. The van der Waals surface area contributed by atoms with Crippen LogP contribution in [-0.4, -0.2) is 46.6 Å². The second-order valence-corrected chi connectivity index (χ2v) is 5.43. The normalized spacial score (nSPS) is 18.9. The van der Waals surface area contributed by atoms with Crippen molar-refractivity contribution < 1.29 is 9.90 Å². The Labute approximate surface area is 123 Å². The number of nitrogens with one attached hydrogen (secondary N) is 1. The highest BCUT2D eigenvalue weighted by Gasteiger charge is 2.20. The first-order valence-electron chi connectivity index (χ1n) is 6.65. The number of anilines is 1. The molecule has 1 amide bonds. The van der Waals surface area contributed by atoms with E-state index in [-0.39, 0.29) is 12.0 Å². The summed E-state index contributed by atoms with van der Waals surface area (Å²) in [6.45, 7) is 2.17. The number of amides is 1. The number of carbonyl (C=O) groups excluding carboxylic acids is 1. The molecule has 0 spiro atoms. The van der Waals surface area contributed by atoms with Gasteiger partial charge in [-0.15, -0.1) is 0 Å². The van der Waals surface area contributed by atoms with Gasteiger partial charge in [0, 0.05) is 37.3 Å². The number of β-amino-alcohol motifs (C(OH)–C–C–N with tert-alkyl or cyclic N) is 1. The second kappa shape index (κ2) is 6.78. The highest BCUT2D eigenvalue weighted by molar-refractivity contribution is 7.80. The van der Waals surface area contributed by atoms with Crippen molar-refractivity contribution in [1.82, 2.24) is 4.90 Å². The number of benzene rings is 1. The fraction of sp³-hybridized carbons (Fsp3) is 0.429. The number of hydrogen-bond acceptors (Lipinski definition) is 4. The van der Waals surface area contributed by atoms with E-state index in [4.69, 9.17) is 18.0 Å². The molecule has 1 aliphatic rings. The maximum Gasteiger partial charge on any atom is 0.225 e. The first-order chi connectivity index (χ1) is 9.54. The number of nitrogens with two attached hydrogens (primary N) is 1. The molecule has 0 aromatic heterocycles. The fourth-order valence-electron chi connectivity index (χ4n) is 2.25. The van der Waals surface area contributed by atoms with E-state index in [0.29, 0.717) is 30.2 Å². The van der Waals surface area contributed by atoms with Gasteiger partial charge in [-0.2, -0.15) is 0 Å². The summed E-state index contributed by atoms with van der Waals surface area (Å²) in [6, 6.07) is 7.18. The van der Waals surface area contributed by atoms with Crippen molar-refractivity contribution in [2.75, 3.05) is 25.0 Å². The molecule has 108 valence electrons. The fourth-order valence-corrected chi connectivity index (χ4v) is 2.38. The quantitative estimate of drug-likeness (QED) is 0.697. The van der Waals surface area contributed by atoms with Crippen LogP contribution in [0.1, 0.15) is 18.4 Å². The summed E-state index contributed by atoms with van der Waals surface area (Å²) in [5.41, 5.74) is 6.99. The average molecular weight is 293 g/mol. The molecule has 1 unspecified atom stereocenters. The van der Waals surface area contributed by atoms with Gasteiger partial charge >= 0.3 is 0 Å². The van der Waals surface area contributed by atoms with Gasteiger partial charge in [-0.25, -0.2) is 0 Å². The number of aliphatic hydroxyl groups excluding tert-OH is 1. The Bertz CT molecular complexity index is 507. The molecule has 0 radical (unpaired) electrons. The summed E-state index contributed by atoms with van der Waals surface area (Å²) in [6.07, 6.45) is 0.946. The van der Waals surface area contributed by atoms with Gasteiger partial charge in [0.25, 0.3) is 0 Å². The molecule has 1 aliphatic heterocycles. The summed E-state index contributed by atoms with van der Waals surface area (Å²) in [5, 5.41) is 12.2. The lowest BCUT2D eigenvalue weighted by Crippen LogP contribution is -2.26. The molecule has 0 aliphatic carbocycles.